The highest BCUT2D eigenvalue weighted by atomic mass is 32.2. The number of aromatic nitrogens is 2. The number of carbonyl (C=O) groups excluding carboxylic acids is 1. The number of amides is 1. The van der Waals surface area contributed by atoms with E-state index in [4.69, 9.17) is 4.74 Å². The lowest BCUT2D eigenvalue weighted by Gasteiger charge is -2.24. The summed E-state index contributed by atoms with van der Waals surface area (Å²) in [5.74, 6) is 0.229. The number of anilines is 2. The summed E-state index contributed by atoms with van der Waals surface area (Å²) in [6, 6.07) is 6.88. The van der Waals surface area contributed by atoms with Gasteiger partial charge in [0.25, 0.3) is 0 Å². The van der Waals surface area contributed by atoms with Crippen molar-refractivity contribution in [2.24, 2.45) is 0 Å². The van der Waals surface area contributed by atoms with E-state index in [1.807, 2.05) is 0 Å². The molecule has 0 spiro atoms. The van der Waals surface area contributed by atoms with E-state index in [-0.39, 0.29) is 18.9 Å². The molecule has 0 radical (unpaired) electrons. The van der Waals surface area contributed by atoms with Gasteiger partial charge < -0.3 is 10.1 Å². The quantitative estimate of drug-likeness (QED) is 0.443. The number of benzene rings is 1. The van der Waals surface area contributed by atoms with Crippen LogP contribution in [0.3, 0.4) is 0 Å². The lowest BCUT2D eigenvalue weighted by atomic mass is 10.2. The van der Waals surface area contributed by atoms with Crippen LogP contribution in [0.4, 0.5) is 10.8 Å². The standard InChI is InChI=1S/C17H24N4O4S3/c1-12(2)26-17-20-19-16(27-17)18-15(22)10-7-11-21(28(4,23)24)13-8-5-6-9-14(13)25-3/h5-6,8-9,12H,7,10-11H2,1-4H3,(H,18,19,22). The summed E-state index contributed by atoms with van der Waals surface area (Å²) in [5, 5.41) is 11.5. The lowest BCUT2D eigenvalue weighted by Crippen LogP contribution is -2.31. The number of hydrogen-bond acceptors (Lipinski definition) is 8. The molecule has 1 aromatic carbocycles. The molecular weight excluding hydrogens is 420 g/mol. The molecule has 1 N–H and O–H groups in total. The number of ether oxygens (including phenoxy) is 1. The van der Waals surface area contributed by atoms with E-state index in [0.717, 1.165) is 10.6 Å². The lowest BCUT2D eigenvalue weighted by molar-refractivity contribution is -0.116. The molecule has 2 aromatic rings. The van der Waals surface area contributed by atoms with Gasteiger partial charge in [0.15, 0.2) is 4.34 Å². The van der Waals surface area contributed by atoms with E-state index in [0.29, 0.717) is 28.2 Å². The number of sulfonamides is 1. The Balaban J connectivity index is 1.95. The number of methoxy groups -OCH3 is 1. The van der Waals surface area contributed by atoms with E-state index < -0.39 is 10.0 Å². The molecule has 0 saturated carbocycles. The van der Waals surface area contributed by atoms with E-state index >= 15 is 0 Å². The summed E-state index contributed by atoms with van der Waals surface area (Å²) >= 11 is 2.90. The van der Waals surface area contributed by atoms with Gasteiger partial charge in [0.05, 0.1) is 19.1 Å². The maximum absolute atomic E-state index is 12.2. The second kappa shape index (κ2) is 10.1. The monoisotopic (exact) mass is 444 g/mol. The van der Waals surface area contributed by atoms with Crippen LogP contribution in [-0.4, -0.2) is 49.7 Å². The molecule has 0 fully saturated rings. The largest absolute Gasteiger partial charge is 0.495 e. The van der Waals surface area contributed by atoms with Crippen molar-refractivity contribution in [2.75, 3.05) is 29.5 Å². The highest BCUT2D eigenvalue weighted by molar-refractivity contribution is 8.01. The summed E-state index contributed by atoms with van der Waals surface area (Å²) in [6.45, 7) is 4.27. The molecule has 0 atom stereocenters. The molecule has 1 amide bonds. The molecule has 2 rings (SSSR count). The third kappa shape index (κ3) is 6.64. The summed E-state index contributed by atoms with van der Waals surface area (Å²) in [5.41, 5.74) is 0.451. The van der Waals surface area contributed by atoms with Gasteiger partial charge in [-0.1, -0.05) is 49.1 Å². The van der Waals surface area contributed by atoms with E-state index in [9.17, 15) is 13.2 Å². The van der Waals surface area contributed by atoms with Crippen LogP contribution < -0.4 is 14.4 Å². The van der Waals surface area contributed by atoms with Crippen LogP contribution in [0.1, 0.15) is 26.7 Å². The minimum atomic E-state index is -3.52. The highest BCUT2D eigenvalue weighted by Gasteiger charge is 2.21. The molecule has 8 nitrogen and oxygen atoms in total. The molecule has 0 bridgehead atoms. The van der Waals surface area contributed by atoms with Gasteiger partial charge in [-0.25, -0.2) is 8.42 Å². The number of carbonyl (C=O) groups is 1. The number of rotatable bonds is 10. The molecule has 0 saturated heterocycles. The first kappa shape index (κ1) is 22.4. The smallest absolute Gasteiger partial charge is 0.232 e. The Morgan fingerprint density at radius 1 is 1.32 bits per heavy atom. The van der Waals surface area contributed by atoms with Crippen molar-refractivity contribution >= 4 is 49.8 Å². The van der Waals surface area contributed by atoms with E-state index in [2.05, 4.69) is 29.4 Å². The Morgan fingerprint density at radius 2 is 2.04 bits per heavy atom. The fourth-order valence-corrected chi connectivity index (χ4v) is 5.34. The van der Waals surface area contributed by atoms with Crippen molar-refractivity contribution in [1.82, 2.24) is 10.2 Å². The average Bonchev–Trinajstić information content (AvgIpc) is 3.03. The van der Waals surface area contributed by atoms with Crippen molar-refractivity contribution in [3.63, 3.8) is 0 Å². The van der Waals surface area contributed by atoms with Crippen LogP contribution in [0.2, 0.25) is 0 Å². The van der Waals surface area contributed by atoms with E-state index in [1.165, 1.54) is 22.8 Å². The molecule has 1 aromatic heterocycles. The number of nitrogens with one attached hydrogen (secondary N) is 1. The topological polar surface area (TPSA) is 101 Å². The van der Waals surface area contributed by atoms with Gasteiger partial charge in [-0.15, -0.1) is 10.2 Å². The van der Waals surface area contributed by atoms with Crippen LogP contribution in [0.15, 0.2) is 28.6 Å². The third-order valence-electron chi connectivity index (χ3n) is 3.51. The Morgan fingerprint density at radius 3 is 2.68 bits per heavy atom. The number of hydrogen-bond donors (Lipinski definition) is 1. The highest BCUT2D eigenvalue weighted by Crippen LogP contribution is 2.30. The Bertz CT molecular complexity index is 899. The van der Waals surface area contributed by atoms with Crippen LogP contribution in [-0.2, 0) is 14.8 Å². The SMILES string of the molecule is COc1ccccc1N(CCCC(=O)Nc1nnc(SC(C)C)s1)S(C)(=O)=O. The van der Waals surface area contributed by atoms with Gasteiger partial charge >= 0.3 is 0 Å². The average molecular weight is 445 g/mol. The summed E-state index contributed by atoms with van der Waals surface area (Å²) in [4.78, 5) is 12.2. The van der Waals surface area contributed by atoms with Crippen molar-refractivity contribution in [3.05, 3.63) is 24.3 Å². The van der Waals surface area contributed by atoms with Gasteiger partial charge in [-0.3, -0.25) is 9.10 Å². The van der Waals surface area contributed by atoms with Gasteiger partial charge in [0, 0.05) is 18.2 Å². The zero-order chi connectivity index (χ0) is 20.7. The molecule has 0 unspecified atom stereocenters. The Kier molecular flexibility index (Phi) is 8.08. The number of para-hydroxylation sites is 2. The first-order chi connectivity index (χ1) is 13.2. The molecular formula is C17H24N4O4S3. The summed E-state index contributed by atoms with van der Waals surface area (Å²) in [6.07, 6.45) is 1.64. The molecule has 0 aliphatic heterocycles. The van der Waals surface area contributed by atoms with Gasteiger partial charge in [-0.05, 0) is 18.6 Å². The molecule has 28 heavy (non-hydrogen) atoms. The van der Waals surface area contributed by atoms with Crippen LogP contribution in [0.25, 0.3) is 0 Å². The first-order valence-corrected chi connectivity index (χ1v) is 12.2. The third-order valence-corrected chi connectivity index (χ3v) is 6.62. The van der Waals surface area contributed by atoms with Gasteiger partial charge in [-0.2, -0.15) is 0 Å². The van der Waals surface area contributed by atoms with Crippen LogP contribution >= 0.6 is 23.1 Å². The molecule has 0 aliphatic rings. The fourth-order valence-electron chi connectivity index (χ4n) is 2.38. The molecule has 1 heterocycles. The number of nitrogens with zero attached hydrogens (tertiary/aromatic N) is 3. The van der Waals surface area contributed by atoms with E-state index in [1.54, 1.807) is 36.0 Å². The summed E-state index contributed by atoms with van der Waals surface area (Å²) in [7, 11) is -2.03. The van der Waals surface area contributed by atoms with Crippen LogP contribution in [0.5, 0.6) is 5.75 Å². The maximum atomic E-state index is 12.2. The Hall–Kier alpha value is -1.85. The summed E-state index contributed by atoms with van der Waals surface area (Å²) < 4.78 is 31.7. The van der Waals surface area contributed by atoms with Crippen molar-refractivity contribution in [2.45, 2.75) is 36.3 Å². The van der Waals surface area contributed by atoms with Gasteiger partial charge in [0.1, 0.15) is 5.75 Å². The minimum absolute atomic E-state index is 0.160. The fraction of sp³-hybridized carbons (Fsp3) is 0.471. The molecule has 154 valence electrons. The van der Waals surface area contributed by atoms with Crippen molar-refractivity contribution < 1.29 is 17.9 Å². The second-order valence-corrected chi connectivity index (χ2v) is 10.9. The maximum Gasteiger partial charge on any atom is 0.232 e. The van der Waals surface area contributed by atoms with Crippen LogP contribution in [0, 0.1) is 0 Å². The minimum Gasteiger partial charge on any atom is -0.495 e. The predicted molar refractivity (Wildman–Crippen MR) is 114 cm³/mol. The number of thioether (sulfide) groups is 1. The normalized spacial score (nSPS) is 11.5. The zero-order valence-electron chi connectivity index (χ0n) is 16.2. The predicted octanol–water partition coefficient (Wildman–Crippen LogP) is 3.23. The van der Waals surface area contributed by atoms with Crippen molar-refractivity contribution in [3.8, 4) is 5.75 Å². The van der Waals surface area contributed by atoms with Gasteiger partial charge in [0.2, 0.25) is 21.1 Å². The first-order valence-electron chi connectivity index (χ1n) is 8.61. The van der Waals surface area contributed by atoms with Crippen molar-refractivity contribution in [1.29, 1.82) is 0 Å². The second-order valence-electron chi connectivity index (χ2n) is 6.20. The Labute approximate surface area is 173 Å². The molecule has 0 aliphatic carbocycles. The molecule has 11 heteroatoms. The zero-order valence-corrected chi connectivity index (χ0v) is 18.7.